The highest BCUT2D eigenvalue weighted by Gasteiger charge is 2.27. The van der Waals surface area contributed by atoms with Crippen LogP contribution in [0.4, 0.5) is 0 Å². The van der Waals surface area contributed by atoms with Crippen LogP contribution in [-0.2, 0) is 0 Å². The van der Waals surface area contributed by atoms with Crippen molar-refractivity contribution in [2.24, 2.45) is 11.1 Å². The highest BCUT2D eigenvalue weighted by Crippen LogP contribution is 2.28. The zero-order valence-corrected chi connectivity index (χ0v) is 11.3. The van der Waals surface area contributed by atoms with Gasteiger partial charge in [0.25, 0.3) is 0 Å². The van der Waals surface area contributed by atoms with Crippen molar-refractivity contribution in [2.45, 2.75) is 13.8 Å². The number of carbonyl (C=O) groups excluding carboxylic acids is 1. The van der Waals surface area contributed by atoms with Crippen LogP contribution in [0.25, 0.3) is 0 Å². The van der Waals surface area contributed by atoms with Gasteiger partial charge in [-0.25, -0.2) is 0 Å². The molecule has 0 fully saturated rings. The van der Waals surface area contributed by atoms with E-state index in [1.54, 1.807) is 25.3 Å². The number of Topliss-reactive ketones (excluding diaryl/α,β-unsaturated/α-hetero) is 1. The zero-order valence-electron chi connectivity index (χ0n) is 9.71. The van der Waals surface area contributed by atoms with Gasteiger partial charge in [0.05, 0.1) is 11.6 Å². The number of benzene rings is 1. The summed E-state index contributed by atoms with van der Waals surface area (Å²) in [5.74, 6) is 0.750. The van der Waals surface area contributed by atoms with Crippen molar-refractivity contribution in [3.63, 3.8) is 0 Å². The summed E-state index contributed by atoms with van der Waals surface area (Å²) in [7, 11) is 1.59. The summed E-state index contributed by atoms with van der Waals surface area (Å²) in [6.45, 7) is 4.01. The molecule has 0 radical (unpaired) electrons. The topological polar surface area (TPSA) is 52.3 Å². The van der Waals surface area contributed by atoms with Crippen molar-refractivity contribution in [3.8, 4) is 5.75 Å². The van der Waals surface area contributed by atoms with Crippen molar-refractivity contribution >= 4 is 21.7 Å². The van der Waals surface area contributed by atoms with Gasteiger partial charge in [0, 0.05) is 17.5 Å². The van der Waals surface area contributed by atoms with Gasteiger partial charge in [-0.1, -0.05) is 13.8 Å². The van der Waals surface area contributed by atoms with Crippen LogP contribution < -0.4 is 10.5 Å². The summed E-state index contributed by atoms with van der Waals surface area (Å²) in [4.78, 5) is 12.1. The van der Waals surface area contributed by atoms with Crippen LogP contribution in [0.2, 0.25) is 0 Å². The van der Waals surface area contributed by atoms with Crippen molar-refractivity contribution in [1.82, 2.24) is 0 Å². The average Bonchev–Trinajstić information content (AvgIpc) is 2.27. The van der Waals surface area contributed by atoms with Crippen molar-refractivity contribution in [1.29, 1.82) is 0 Å². The SMILES string of the molecule is COc1ccc(C(=O)C(C)(C)CN)cc1Br. The number of halogens is 1. The number of rotatable bonds is 4. The smallest absolute Gasteiger partial charge is 0.169 e. The van der Waals surface area contributed by atoms with Gasteiger partial charge in [-0.2, -0.15) is 0 Å². The van der Waals surface area contributed by atoms with Crippen molar-refractivity contribution in [2.75, 3.05) is 13.7 Å². The molecule has 0 heterocycles. The minimum absolute atomic E-state index is 0.0401. The molecular formula is C12H16BrNO2. The molecule has 0 aromatic heterocycles. The second-order valence-corrected chi connectivity index (χ2v) is 5.12. The largest absolute Gasteiger partial charge is 0.496 e. The van der Waals surface area contributed by atoms with Gasteiger partial charge in [0.1, 0.15) is 5.75 Å². The van der Waals surface area contributed by atoms with Gasteiger partial charge in [0.15, 0.2) is 5.78 Å². The van der Waals surface area contributed by atoms with Crippen molar-refractivity contribution in [3.05, 3.63) is 28.2 Å². The molecule has 1 aromatic rings. The number of ether oxygens (including phenoxy) is 1. The maximum absolute atomic E-state index is 12.1. The van der Waals surface area contributed by atoms with E-state index in [9.17, 15) is 4.79 Å². The molecule has 0 amide bonds. The lowest BCUT2D eigenvalue weighted by Gasteiger charge is -2.20. The van der Waals surface area contributed by atoms with Crippen LogP contribution >= 0.6 is 15.9 Å². The van der Waals surface area contributed by atoms with Crippen LogP contribution in [0.5, 0.6) is 5.75 Å². The van der Waals surface area contributed by atoms with E-state index in [0.29, 0.717) is 17.9 Å². The molecule has 0 aliphatic carbocycles. The molecule has 0 aliphatic rings. The fraction of sp³-hybridized carbons (Fsp3) is 0.417. The Hall–Kier alpha value is -0.870. The van der Waals surface area contributed by atoms with Crippen LogP contribution in [0, 0.1) is 5.41 Å². The molecular weight excluding hydrogens is 270 g/mol. The lowest BCUT2D eigenvalue weighted by atomic mass is 9.84. The van der Waals surface area contributed by atoms with Gasteiger partial charge >= 0.3 is 0 Å². The highest BCUT2D eigenvalue weighted by molar-refractivity contribution is 9.10. The predicted octanol–water partition coefficient (Wildman–Crippen LogP) is 2.63. The molecule has 0 bridgehead atoms. The number of nitrogens with two attached hydrogens (primary N) is 1. The molecule has 0 spiro atoms. The monoisotopic (exact) mass is 285 g/mol. The Bertz CT molecular complexity index is 402. The highest BCUT2D eigenvalue weighted by atomic mass is 79.9. The standard InChI is InChI=1S/C12H16BrNO2/c1-12(2,7-14)11(15)8-4-5-10(16-3)9(13)6-8/h4-6H,7,14H2,1-3H3. The van der Waals surface area contributed by atoms with E-state index in [1.807, 2.05) is 13.8 Å². The number of hydrogen-bond donors (Lipinski definition) is 1. The second-order valence-electron chi connectivity index (χ2n) is 4.27. The molecule has 1 aromatic carbocycles. The molecule has 88 valence electrons. The summed E-state index contributed by atoms with van der Waals surface area (Å²) >= 11 is 3.36. The maximum Gasteiger partial charge on any atom is 0.169 e. The van der Waals surface area contributed by atoms with Crippen molar-refractivity contribution < 1.29 is 9.53 Å². The van der Waals surface area contributed by atoms with Gasteiger partial charge < -0.3 is 10.5 Å². The van der Waals surface area contributed by atoms with E-state index in [-0.39, 0.29) is 5.78 Å². The lowest BCUT2D eigenvalue weighted by Crippen LogP contribution is -2.32. The minimum Gasteiger partial charge on any atom is -0.496 e. The number of ketones is 1. The van der Waals surface area contributed by atoms with Crippen LogP contribution in [-0.4, -0.2) is 19.4 Å². The van der Waals surface area contributed by atoms with Crippen LogP contribution in [0.3, 0.4) is 0 Å². The van der Waals surface area contributed by atoms with E-state index < -0.39 is 5.41 Å². The number of hydrogen-bond acceptors (Lipinski definition) is 3. The Morgan fingerprint density at radius 1 is 1.50 bits per heavy atom. The summed E-state index contributed by atoms with van der Waals surface area (Å²) in [5.41, 5.74) is 5.69. The number of carbonyl (C=O) groups is 1. The molecule has 0 saturated heterocycles. The first-order chi connectivity index (χ1) is 7.42. The lowest BCUT2D eigenvalue weighted by molar-refractivity contribution is 0.0847. The molecule has 2 N–H and O–H groups in total. The molecule has 0 atom stereocenters. The summed E-state index contributed by atoms with van der Waals surface area (Å²) in [6, 6.07) is 5.28. The summed E-state index contributed by atoms with van der Waals surface area (Å²) in [6.07, 6.45) is 0. The Balaban J connectivity index is 3.07. The first-order valence-electron chi connectivity index (χ1n) is 5.01. The van der Waals surface area contributed by atoms with E-state index >= 15 is 0 Å². The molecule has 0 unspecified atom stereocenters. The Morgan fingerprint density at radius 3 is 2.56 bits per heavy atom. The third-order valence-corrected chi connectivity index (χ3v) is 3.16. The molecule has 3 nitrogen and oxygen atoms in total. The quantitative estimate of drug-likeness (QED) is 0.866. The van der Waals surface area contributed by atoms with Crippen LogP contribution in [0.15, 0.2) is 22.7 Å². The van der Waals surface area contributed by atoms with E-state index in [4.69, 9.17) is 10.5 Å². The second kappa shape index (κ2) is 4.97. The maximum atomic E-state index is 12.1. The normalized spacial score (nSPS) is 11.3. The molecule has 4 heteroatoms. The number of methoxy groups -OCH3 is 1. The zero-order chi connectivity index (χ0) is 12.3. The summed E-state index contributed by atoms with van der Waals surface area (Å²) < 4.78 is 5.88. The first-order valence-corrected chi connectivity index (χ1v) is 5.80. The van der Waals surface area contributed by atoms with Gasteiger partial charge in [-0.3, -0.25) is 4.79 Å². The molecule has 0 aliphatic heterocycles. The third kappa shape index (κ3) is 2.62. The fourth-order valence-corrected chi connectivity index (χ4v) is 1.83. The molecule has 16 heavy (non-hydrogen) atoms. The van der Waals surface area contributed by atoms with Gasteiger partial charge in [-0.15, -0.1) is 0 Å². The summed E-state index contributed by atoms with van der Waals surface area (Å²) in [5, 5.41) is 0. The van der Waals surface area contributed by atoms with E-state index in [0.717, 1.165) is 4.47 Å². The third-order valence-electron chi connectivity index (χ3n) is 2.54. The average molecular weight is 286 g/mol. The van der Waals surface area contributed by atoms with Crippen LogP contribution in [0.1, 0.15) is 24.2 Å². The van der Waals surface area contributed by atoms with Gasteiger partial charge in [0.2, 0.25) is 0 Å². The van der Waals surface area contributed by atoms with E-state index in [2.05, 4.69) is 15.9 Å². The molecule has 0 saturated carbocycles. The van der Waals surface area contributed by atoms with E-state index in [1.165, 1.54) is 0 Å². The molecule has 1 rings (SSSR count). The van der Waals surface area contributed by atoms with Gasteiger partial charge in [-0.05, 0) is 34.1 Å². The Labute approximate surface area is 104 Å². The minimum atomic E-state index is -0.534. The Morgan fingerprint density at radius 2 is 2.12 bits per heavy atom. The fourth-order valence-electron chi connectivity index (χ4n) is 1.29. The Kier molecular flexibility index (Phi) is 4.10. The predicted molar refractivity (Wildman–Crippen MR) is 67.9 cm³/mol. The first kappa shape index (κ1) is 13.2.